The van der Waals surface area contributed by atoms with Gasteiger partial charge in [-0.3, -0.25) is 4.79 Å². The topological polar surface area (TPSA) is 73.6 Å². The fourth-order valence-electron chi connectivity index (χ4n) is 3.07. The van der Waals surface area contributed by atoms with Gasteiger partial charge in [0.25, 0.3) is 0 Å². The molecule has 1 amide bonds. The minimum absolute atomic E-state index is 0.0478. The van der Waals surface area contributed by atoms with Crippen molar-refractivity contribution in [3.05, 3.63) is 23.8 Å². The zero-order valence-electron chi connectivity index (χ0n) is 12.7. The summed E-state index contributed by atoms with van der Waals surface area (Å²) < 4.78 is 10.6. The number of hydrogen-bond acceptors (Lipinski definition) is 4. The van der Waals surface area contributed by atoms with Gasteiger partial charge < -0.3 is 20.5 Å². The second-order valence-electron chi connectivity index (χ2n) is 5.40. The molecule has 0 bridgehead atoms. The van der Waals surface area contributed by atoms with Crippen LogP contribution in [-0.4, -0.2) is 26.7 Å². The smallest absolute Gasteiger partial charge is 0.223 e. The molecule has 1 saturated carbocycles. The summed E-state index contributed by atoms with van der Waals surface area (Å²) in [6.07, 6.45) is 3.07. The van der Waals surface area contributed by atoms with E-state index in [-0.39, 0.29) is 11.8 Å². The van der Waals surface area contributed by atoms with Gasteiger partial charge in [0.2, 0.25) is 5.91 Å². The highest BCUT2D eigenvalue weighted by molar-refractivity contribution is 5.79. The quantitative estimate of drug-likeness (QED) is 0.837. The van der Waals surface area contributed by atoms with Crippen LogP contribution in [0, 0.1) is 11.8 Å². The molecule has 2 rings (SSSR count). The lowest BCUT2D eigenvalue weighted by molar-refractivity contribution is -0.126. The Labute approximate surface area is 125 Å². The van der Waals surface area contributed by atoms with E-state index in [1.807, 2.05) is 18.2 Å². The lowest BCUT2D eigenvalue weighted by Crippen LogP contribution is -2.34. The van der Waals surface area contributed by atoms with Gasteiger partial charge in [-0.25, -0.2) is 0 Å². The second-order valence-corrected chi connectivity index (χ2v) is 5.40. The van der Waals surface area contributed by atoms with Crippen LogP contribution in [0.2, 0.25) is 0 Å². The summed E-state index contributed by atoms with van der Waals surface area (Å²) >= 11 is 0. The first-order chi connectivity index (χ1) is 10.2. The molecule has 0 spiro atoms. The van der Waals surface area contributed by atoms with E-state index in [0.29, 0.717) is 30.5 Å². The summed E-state index contributed by atoms with van der Waals surface area (Å²) in [6.45, 7) is 1.02. The highest BCUT2D eigenvalue weighted by Gasteiger charge is 2.31. The van der Waals surface area contributed by atoms with Crippen molar-refractivity contribution in [2.75, 3.05) is 20.8 Å². The zero-order valence-corrected chi connectivity index (χ0v) is 12.7. The maximum absolute atomic E-state index is 12.3. The van der Waals surface area contributed by atoms with Crippen molar-refractivity contribution < 1.29 is 14.3 Å². The molecule has 1 fully saturated rings. The third kappa shape index (κ3) is 3.47. The molecule has 5 nitrogen and oxygen atoms in total. The van der Waals surface area contributed by atoms with Crippen molar-refractivity contribution in [2.45, 2.75) is 25.8 Å². The van der Waals surface area contributed by atoms with Crippen LogP contribution in [0.1, 0.15) is 24.8 Å². The van der Waals surface area contributed by atoms with E-state index in [2.05, 4.69) is 5.32 Å². The molecule has 1 aliphatic rings. The van der Waals surface area contributed by atoms with Gasteiger partial charge in [0, 0.05) is 18.0 Å². The standard InChI is InChI=1S/C16H24N2O3/c1-20-14-8-4-6-12(15(14)21-2)10-18-16(19)13-7-3-5-11(13)9-17/h4,6,8,11,13H,3,5,7,9-10,17H2,1-2H3,(H,18,19)/t11-,13-/m1/s1. The molecule has 0 aliphatic heterocycles. The van der Waals surface area contributed by atoms with Crippen LogP contribution >= 0.6 is 0 Å². The van der Waals surface area contributed by atoms with Crippen molar-refractivity contribution >= 4 is 5.91 Å². The third-order valence-corrected chi connectivity index (χ3v) is 4.24. The fraction of sp³-hybridized carbons (Fsp3) is 0.562. The summed E-state index contributed by atoms with van der Waals surface area (Å²) in [6, 6.07) is 5.66. The number of carbonyl (C=O) groups excluding carboxylic acids is 1. The van der Waals surface area contributed by atoms with Crippen LogP contribution < -0.4 is 20.5 Å². The summed E-state index contributed by atoms with van der Waals surface area (Å²) in [7, 11) is 3.20. The molecule has 0 heterocycles. The molecular formula is C16H24N2O3. The maximum atomic E-state index is 12.3. The summed E-state index contributed by atoms with van der Waals surface area (Å²) in [4.78, 5) is 12.3. The first-order valence-corrected chi connectivity index (χ1v) is 7.38. The Kier molecular flexibility index (Phi) is 5.44. The number of methoxy groups -OCH3 is 2. The van der Waals surface area contributed by atoms with E-state index < -0.39 is 0 Å². The predicted octanol–water partition coefficient (Wildman–Crippen LogP) is 1.70. The second kappa shape index (κ2) is 7.31. The van der Waals surface area contributed by atoms with Crippen molar-refractivity contribution in [3.8, 4) is 11.5 Å². The highest BCUT2D eigenvalue weighted by Crippen LogP contribution is 2.32. The minimum Gasteiger partial charge on any atom is -0.493 e. The number of hydrogen-bond donors (Lipinski definition) is 2. The van der Waals surface area contributed by atoms with Gasteiger partial charge >= 0.3 is 0 Å². The third-order valence-electron chi connectivity index (χ3n) is 4.24. The lowest BCUT2D eigenvalue weighted by atomic mass is 9.95. The Morgan fingerprint density at radius 3 is 2.81 bits per heavy atom. The molecule has 1 aromatic carbocycles. The van der Waals surface area contributed by atoms with Crippen LogP contribution in [-0.2, 0) is 11.3 Å². The Morgan fingerprint density at radius 1 is 1.33 bits per heavy atom. The fourth-order valence-corrected chi connectivity index (χ4v) is 3.07. The number of amides is 1. The van der Waals surface area contributed by atoms with E-state index in [9.17, 15) is 4.79 Å². The van der Waals surface area contributed by atoms with E-state index in [1.165, 1.54) is 0 Å². The molecule has 1 aliphatic carbocycles. The first-order valence-electron chi connectivity index (χ1n) is 7.38. The number of nitrogens with one attached hydrogen (secondary N) is 1. The molecule has 0 aromatic heterocycles. The van der Waals surface area contributed by atoms with Gasteiger partial charge in [-0.15, -0.1) is 0 Å². The van der Waals surface area contributed by atoms with Crippen LogP contribution in [0.3, 0.4) is 0 Å². The Bertz CT molecular complexity index is 490. The molecule has 5 heteroatoms. The number of nitrogens with two attached hydrogens (primary N) is 1. The van der Waals surface area contributed by atoms with Gasteiger partial charge in [0.05, 0.1) is 14.2 Å². The largest absolute Gasteiger partial charge is 0.493 e. The van der Waals surface area contributed by atoms with Gasteiger partial charge in [0.15, 0.2) is 11.5 Å². The van der Waals surface area contributed by atoms with Crippen molar-refractivity contribution in [3.63, 3.8) is 0 Å². The molecule has 21 heavy (non-hydrogen) atoms. The molecular weight excluding hydrogens is 268 g/mol. The first kappa shape index (κ1) is 15.6. The molecule has 0 saturated heterocycles. The van der Waals surface area contributed by atoms with Crippen LogP contribution in [0.4, 0.5) is 0 Å². The Morgan fingerprint density at radius 2 is 2.14 bits per heavy atom. The number of ether oxygens (including phenoxy) is 2. The molecule has 1 aromatic rings. The SMILES string of the molecule is COc1cccc(CNC(=O)[C@@H]2CCC[C@@H]2CN)c1OC. The maximum Gasteiger partial charge on any atom is 0.223 e. The molecule has 0 radical (unpaired) electrons. The number of benzene rings is 1. The summed E-state index contributed by atoms with van der Waals surface area (Å²) in [5.41, 5.74) is 6.65. The van der Waals surface area contributed by atoms with E-state index >= 15 is 0 Å². The van der Waals surface area contributed by atoms with Crippen LogP contribution in [0.5, 0.6) is 11.5 Å². The average Bonchev–Trinajstić information content (AvgIpc) is 3.00. The number of rotatable bonds is 6. The highest BCUT2D eigenvalue weighted by atomic mass is 16.5. The van der Waals surface area contributed by atoms with Crippen molar-refractivity contribution in [1.82, 2.24) is 5.32 Å². The molecule has 3 N–H and O–H groups in total. The van der Waals surface area contributed by atoms with Gasteiger partial charge in [0.1, 0.15) is 0 Å². The van der Waals surface area contributed by atoms with Gasteiger partial charge in [-0.05, 0) is 31.4 Å². The summed E-state index contributed by atoms with van der Waals surface area (Å²) in [5.74, 6) is 1.80. The van der Waals surface area contributed by atoms with Crippen molar-refractivity contribution in [1.29, 1.82) is 0 Å². The zero-order chi connectivity index (χ0) is 15.2. The van der Waals surface area contributed by atoms with Crippen LogP contribution in [0.25, 0.3) is 0 Å². The van der Waals surface area contributed by atoms with Gasteiger partial charge in [-0.1, -0.05) is 18.6 Å². The predicted molar refractivity (Wildman–Crippen MR) is 81.3 cm³/mol. The number of para-hydroxylation sites is 1. The van der Waals surface area contributed by atoms with Crippen molar-refractivity contribution in [2.24, 2.45) is 17.6 Å². The summed E-state index contributed by atoms with van der Waals surface area (Å²) in [5, 5.41) is 3.00. The monoisotopic (exact) mass is 292 g/mol. The van der Waals surface area contributed by atoms with E-state index in [0.717, 1.165) is 24.8 Å². The van der Waals surface area contributed by atoms with E-state index in [1.54, 1.807) is 14.2 Å². The molecule has 2 atom stereocenters. The minimum atomic E-state index is 0.0478. The van der Waals surface area contributed by atoms with Gasteiger partial charge in [-0.2, -0.15) is 0 Å². The van der Waals surface area contributed by atoms with Crippen LogP contribution in [0.15, 0.2) is 18.2 Å². The Balaban J connectivity index is 2.01. The molecule has 116 valence electrons. The molecule has 0 unspecified atom stereocenters. The normalized spacial score (nSPS) is 21.1. The lowest BCUT2D eigenvalue weighted by Gasteiger charge is -2.18. The average molecular weight is 292 g/mol. The van der Waals surface area contributed by atoms with E-state index in [4.69, 9.17) is 15.2 Å². The Hall–Kier alpha value is -1.75. The number of carbonyl (C=O) groups is 1.